The summed E-state index contributed by atoms with van der Waals surface area (Å²) in [6.45, 7) is 1.12. The third-order valence-electron chi connectivity index (χ3n) is 4.19. The highest BCUT2D eigenvalue weighted by Crippen LogP contribution is 2.31. The number of ether oxygens (including phenoxy) is 1. The lowest BCUT2D eigenvalue weighted by atomic mass is 9.88. The van der Waals surface area contributed by atoms with Gasteiger partial charge in [-0.1, -0.05) is 0 Å². The van der Waals surface area contributed by atoms with Crippen molar-refractivity contribution in [3.63, 3.8) is 0 Å². The molecule has 1 unspecified atom stereocenters. The number of nitrogens with two attached hydrogens (primary N) is 1. The molecule has 1 aromatic heterocycles. The van der Waals surface area contributed by atoms with Gasteiger partial charge in [0.15, 0.2) is 0 Å². The summed E-state index contributed by atoms with van der Waals surface area (Å²) in [6.07, 6.45) is 5.81. The maximum absolute atomic E-state index is 12.4. The minimum atomic E-state index is -0.778. The SMILES string of the molecule is NC1(C(=O)NC2CCCc3occc32)CCOCC1. The molecule has 0 aromatic carbocycles. The van der Waals surface area contributed by atoms with Crippen molar-refractivity contribution in [1.29, 1.82) is 0 Å². The average molecular weight is 264 g/mol. The first-order chi connectivity index (χ1) is 9.19. The predicted molar refractivity (Wildman–Crippen MR) is 69.5 cm³/mol. The van der Waals surface area contributed by atoms with Crippen LogP contribution < -0.4 is 11.1 Å². The molecule has 1 aliphatic carbocycles. The Morgan fingerprint density at radius 2 is 2.21 bits per heavy atom. The van der Waals surface area contributed by atoms with Crippen molar-refractivity contribution in [3.8, 4) is 0 Å². The van der Waals surface area contributed by atoms with Crippen molar-refractivity contribution in [3.05, 3.63) is 23.7 Å². The van der Waals surface area contributed by atoms with Gasteiger partial charge in [0.2, 0.25) is 5.91 Å². The van der Waals surface area contributed by atoms with Gasteiger partial charge in [-0.3, -0.25) is 4.79 Å². The topological polar surface area (TPSA) is 77.5 Å². The maximum Gasteiger partial charge on any atom is 0.240 e. The second-order valence-electron chi connectivity index (χ2n) is 5.49. The van der Waals surface area contributed by atoms with Gasteiger partial charge in [-0.05, 0) is 31.7 Å². The summed E-state index contributed by atoms with van der Waals surface area (Å²) in [4.78, 5) is 12.4. The van der Waals surface area contributed by atoms with Crippen LogP contribution in [0.2, 0.25) is 0 Å². The van der Waals surface area contributed by atoms with Gasteiger partial charge in [-0.25, -0.2) is 0 Å². The zero-order valence-corrected chi connectivity index (χ0v) is 11.0. The molecule has 3 N–H and O–H groups in total. The fraction of sp³-hybridized carbons (Fsp3) is 0.643. The molecule has 1 saturated heterocycles. The van der Waals surface area contributed by atoms with Crippen LogP contribution in [-0.2, 0) is 16.0 Å². The molecule has 1 fully saturated rings. The highest BCUT2D eigenvalue weighted by atomic mass is 16.5. The van der Waals surface area contributed by atoms with E-state index >= 15 is 0 Å². The van der Waals surface area contributed by atoms with E-state index in [4.69, 9.17) is 14.9 Å². The van der Waals surface area contributed by atoms with Gasteiger partial charge in [0.25, 0.3) is 0 Å². The molecule has 1 aromatic rings. The van der Waals surface area contributed by atoms with Crippen LogP contribution in [0, 0.1) is 0 Å². The zero-order valence-electron chi connectivity index (χ0n) is 11.0. The maximum atomic E-state index is 12.4. The van der Waals surface area contributed by atoms with E-state index < -0.39 is 5.54 Å². The van der Waals surface area contributed by atoms with Gasteiger partial charge in [0, 0.05) is 25.2 Å². The third-order valence-corrected chi connectivity index (χ3v) is 4.19. The number of fused-ring (bicyclic) bond motifs is 1. The number of hydrogen-bond acceptors (Lipinski definition) is 4. The molecular formula is C14H20N2O3. The monoisotopic (exact) mass is 264 g/mol. The summed E-state index contributed by atoms with van der Waals surface area (Å²) in [7, 11) is 0. The molecule has 0 radical (unpaired) electrons. The molecule has 1 aliphatic heterocycles. The Bertz CT molecular complexity index is 463. The molecule has 5 nitrogen and oxygen atoms in total. The van der Waals surface area contributed by atoms with Crippen molar-refractivity contribution in [1.82, 2.24) is 5.32 Å². The average Bonchev–Trinajstić information content (AvgIpc) is 2.89. The van der Waals surface area contributed by atoms with Crippen molar-refractivity contribution in [2.45, 2.75) is 43.7 Å². The first-order valence-corrected chi connectivity index (χ1v) is 6.93. The largest absolute Gasteiger partial charge is 0.469 e. The van der Waals surface area contributed by atoms with Crippen LogP contribution >= 0.6 is 0 Å². The fourth-order valence-electron chi connectivity index (χ4n) is 2.90. The number of furan rings is 1. The number of rotatable bonds is 2. The lowest BCUT2D eigenvalue weighted by molar-refractivity contribution is -0.130. The number of nitrogens with one attached hydrogen (secondary N) is 1. The third kappa shape index (κ3) is 2.40. The highest BCUT2D eigenvalue weighted by molar-refractivity contribution is 5.86. The first kappa shape index (κ1) is 12.7. The van der Waals surface area contributed by atoms with Crippen LogP contribution in [0.4, 0.5) is 0 Å². The molecule has 3 rings (SSSR count). The molecular weight excluding hydrogens is 244 g/mol. The zero-order chi connectivity index (χ0) is 13.3. The van der Waals surface area contributed by atoms with Crippen LogP contribution in [0.1, 0.15) is 43.0 Å². The molecule has 1 atom stereocenters. The molecule has 5 heteroatoms. The second kappa shape index (κ2) is 4.98. The van der Waals surface area contributed by atoms with Crippen molar-refractivity contribution >= 4 is 5.91 Å². The van der Waals surface area contributed by atoms with Crippen LogP contribution in [0.5, 0.6) is 0 Å². The summed E-state index contributed by atoms with van der Waals surface area (Å²) in [5.41, 5.74) is 6.53. The summed E-state index contributed by atoms with van der Waals surface area (Å²) in [6, 6.07) is 1.99. The normalized spacial score (nSPS) is 25.6. The van der Waals surface area contributed by atoms with E-state index in [-0.39, 0.29) is 11.9 Å². The first-order valence-electron chi connectivity index (χ1n) is 6.93. The standard InChI is InChI=1S/C14H20N2O3/c15-14(5-8-18-9-6-14)13(17)16-11-2-1-3-12-10(11)4-7-19-12/h4,7,11H,1-3,5-6,8-9,15H2,(H,16,17). The number of carbonyl (C=O) groups is 1. The van der Waals surface area contributed by atoms with Crippen molar-refractivity contribution in [2.24, 2.45) is 5.73 Å². The Labute approximate surface area is 112 Å². The van der Waals surface area contributed by atoms with E-state index in [1.165, 1.54) is 0 Å². The second-order valence-corrected chi connectivity index (χ2v) is 5.49. The number of aryl methyl sites for hydroxylation is 1. The molecule has 0 saturated carbocycles. The molecule has 1 amide bonds. The molecule has 0 bridgehead atoms. The van der Waals surface area contributed by atoms with Crippen LogP contribution in [0.25, 0.3) is 0 Å². The lowest BCUT2D eigenvalue weighted by Gasteiger charge is -2.34. The Balaban J connectivity index is 1.71. The number of hydrogen-bond donors (Lipinski definition) is 2. The van der Waals surface area contributed by atoms with Crippen LogP contribution in [0.15, 0.2) is 16.7 Å². The smallest absolute Gasteiger partial charge is 0.240 e. The van der Waals surface area contributed by atoms with Gasteiger partial charge in [0.1, 0.15) is 5.76 Å². The fourth-order valence-corrected chi connectivity index (χ4v) is 2.90. The molecule has 104 valence electrons. The Kier molecular flexibility index (Phi) is 3.33. The van der Waals surface area contributed by atoms with Crippen LogP contribution in [-0.4, -0.2) is 24.7 Å². The van der Waals surface area contributed by atoms with E-state index in [9.17, 15) is 4.79 Å². The minimum absolute atomic E-state index is 0.0401. The van der Waals surface area contributed by atoms with Gasteiger partial charge in [0.05, 0.1) is 17.8 Å². The Hall–Kier alpha value is -1.33. The Morgan fingerprint density at radius 3 is 3.00 bits per heavy atom. The molecule has 2 aliphatic rings. The van der Waals surface area contributed by atoms with Crippen molar-refractivity contribution < 1.29 is 13.9 Å². The summed E-state index contributed by atoms with van der Waals surface area (Å²) < 4.78 is 10.7. The quantitative estimate of drug-likeness (QED) is 0.843. The Morgan fingerprint density at radius 1 is 1.42 bits per heavy atom. The van der Waals surface area contributed by atoms with E-state index in [1.807, 2.05) is 6.07 Å². The predicted octanol–water partition coefficient (Wildman–Crippen LogP) is 1.28. The van der Waals surface area contributed by atoms with Crippen LogP contribution in [0.3, 0.4) is 0 Å². The van der Waals surface area contributed by atoms with E-state index in [0.717, 1.165) is 30.6 Å². The van der Waals surface area contributed by atoms with Crippen molar-refractivity contribution in [2.75, 3.05) is 13.2 Å². The summed E-state index contributed by atoms with van der Waals surface area (Å²) >= 11 is 0. The van der Waals surface area contributed by atoms with Gasteiger partial charge >= 0.3 is 0 Å². The lowest BCUT2D eigenvalue weighted by Crippen LogP contribution is -2.57. The van der Waals surface area contributed by atoms with E-state index in [0.29, 0.717) is 26.1 Å². The van der Waals surface area contributed by atoms with Gasteiger partial charge < -0.3 is 20.2 Å². The molecule has 19 heavy (non-hydrogen) atoms. The van der Waals surface area contributed by atoms with Gasteiger partial charge in [-0.2, -0.15) is 0 Å². The summed E-state index contributed by atoms with van der Waals surface area (Å²) in [5, 5.41) is 3.09. The summed E-state index contributed by atoms with van der Waals surface area (Å²) in [5.74, 6) is 0.935. The minimum Gasteiger partial charge on any atom is -0.469 e. The van der Waals surface area contributed by atoms with E-state index in [2.05, 4.69) is 5.32 Å². The van der Waals surface area contributed by atoms with E-state index in [1.54, 1.807) is 6.26 Å². The molecule has 2 heterocycles. The van der Waals surface area contributed by atoms with Gasteiger partial charge in [-0.15, -0.1) is 0 Å². The number of amides is 1. The molecule has 0 spiro atoms. The number of carbonyl (C=O) groups excluding carboxylic acids is 1. The highest BCUT2D eigenvalue weighted by Gasteiger charge is 2.37.